The molecule has 2 unspecified atom stereocenters. The van der Waals surface area contributed by atoms with Crippen LogP contribution < -0.4 is 5.32 Å². The SMILES string of the molecule is CCCCC/C=C\C/C=C\CCCCCCCCCCCC(=O)OCCCCCCCCCCCCCC/C=C\CCCCCCCCCCCCCCCCCC(=O)NC(CO)C(O)CCCCCCCCCCCCCCCCC. The summed E-state index contributed by atoms with van der Waals surface area (Å²) in [7, 11) is 0. The van der Waals surface area contributed by atoms with Gasteiger partial charge >= 0.3 is 5.97 Å². The van der Waals surface area contributed by atoms with Crippen LogP contribution in [0.1, 0.15) is 412 Å². The summed E-state index contributed by atoms with van der Waals surface area (Å²) in [6, 6.07) is -0.540. The second-order valence-corrected chi connectivity index (χ2v) is 25.6. The van der Waals surface area contributed by atoms with Gasteiger partial charge in [0.15, 0.2) is 0 Å². The fourth-order valence-corrected chi connectivity index (χ4v) is 11.7. The van der Waals surface area contributed by atoms with E-state index in [2.05, 4.69) is 55.6 Å². The van der Waals surface area contributed by atoms with Crippen LogP contribution in [0.3, 0.4) is 0 Å². The summed E-state index contributed by atoms with van der Waals surface area (Å²) in [5.41, 5.74) is 0. The molecule has 0 spiro atoms. The van der Waals surface area contributed by atoms with Crippen LogP contribution >= 0.6 is 0 Å². The Morgan fingerprint density at radius 3 is 0.963 bits per heavy atom. The number of hydrogen-bond acceptors (Lipinski definition) is 5. The number of rotatable bonds is 70. The second kappa shape index (κ2) is 71.6. The molecular weight excluding hydrogens is 1010 g/mol. The number of carbonyl (C=O) groups excluding carboxylic acids is 2. The van der Waals surface area contributed by atoms with Gasteiger partial charge in [0, 0.05) is 12.8 Å². The number of nitrogens with one attached hydrogen (secondary N) is 1. The molecule has 0 fully saturated rings. The van der Waals surface area contributed by atoms with Crippen molar-refractivity contribution in [2.24, 2.45) is 0 Å². The lowest BCUT2D eigenvalue weighted by Crippen LogP contribution is -2.45. The van der Waals surface area contributed by atoms with Crippen molar-refractivity contribution in [3.05, 3.63) is 36.5 Å². The van der Waals surface area contributed by atoms with Crippen LogP contribution in [0.2, 0.25) is 0 Å². The molecule has 0 radical (unpaired) electrons. The van der Waals surface area contributed by atoms with E-state index in [1.165, 1.54) is 327 Å². The normalized spacial score (nSPS) is 12.7. The molecule has 1 amide bonds. The van der Waals surface area contributed by atoms with Crippen LogP contribution in [0.4, 0.5) is 0 Å². The van der Waals surface area contributed by atoms with Gasteiger partial charge < -0.3 is 20.3 Å². The molecule has 0 aliphatic carbocycles. The maximum atomic E-state index is 12.5. The largest absolute Gasteiger partial charge is 0.466 e. The molecule has 6 nitrogen and oxygen atoms in total. The molecule has 0 aliphatic heterocycles. The molecule has 0 aromatic rings. The van der Waals surface area contributed by atoms with E-state index in [1.54, 1.807) is 0 Å². The van der Waals surface area contributed by atoms with Gasteiger partial charge in [0.05, 0.1) is 25.4 Å². The first kappa shape index (κ1) is 80.1. The van der Waals surface area contributed by atoms with Crippen molar-refractivity contribution in [1.29, 1.82) is 0 Å². The van der Waals surface area contributed by atoms with Crippen molar-refractivity contribution in [2.45, 2.75) is 424 Å². The number of carbonyl (C=O) groups is 2. The van der Waals surface area contributed by atoms with Gasteiger partial charge in [0.1, 0.15) is 0 Å². The Hall–Kier alpha value is -1.92. The zero-order valence-electron chi connectivity index (χ0n) is 55.5. The summed E-state index contributed by atoms with van der Waals surface area (Å²) in [4.78, 5) is 24.6. The molecule has 0 saturated heterocycles. The zero-order chi connectivity index (χ0) is 59.2. The number of amides is 1. The molecule has 0 bridgehead atoms. The van der Waals surface area contributed by atoms with Crippen LogP contribution in [0.15, 0.2) is 36.5 Å². The molecule has 0 aliphatic rings. The Labute approximate surface area is 513 Å². The standard InChI is InChI=1S/C76H145NO5/c1-3-5-7-9-11-13-15-17-19-20-34-38-42-46-50-54-58-62-66-70-76(81)82-71-67-63-59-55-51-47-43-39-36-33-31-29-27-25-23-21-22-24-26-28-30-32-35-37-41-45-49-53-57-61-65-69-75(80)77-73(72-78)74(79)68-64-60-56-52-48-44-40-18-16-14-12-10-8-6-4-2/h11,13,17,19,23,25,73-74,78-79H,3-10,12,14-16,18,20-22,24,26-72H2,1-2H3,(H,77,80)/b13-11-,19-17-,25-23-. The first-order valence-electron chi connectivity index (χ1n) is 37.2. The minimum absolute atomic E-state index is 0.0145. The van der Waals surface area contributed by atoms with Gasteiger partial charge in [-0.25, -0.2) is 0 Å². The fraction of sp³-hybridized carbons (Fsp3) is 0.895. The van der Waals surface area contributed by atoms with E-state index in [0.29, 0.717) is 25.9 Å². The van der Waals surface area contributed by atoms with Crippen LogP contribution in [-0.2, 0) is 14.3 Å². The van der Waals surface area contributed by atoms with Crippen molar-refractivity contribution < 1.29 is 24.5 Å². The zero-order valence-corrected chi connectivity index (χ0v) is 55.5. The predicted molar refractivity (Wildman–Crippen MR) is 361 cm³/mol. The van der Waals surface area contributed by atoms with Crippen molar-refractivity contribution in [2.75, 3.05) is 13.2 Å². The highest BCUT2D eigenvalue weighted by Crippen LogP contribution is 2.19. The third kappa shape index (κ3) is 67.2. The van der Waals surface area contributed by atoms with Gasteiger partial charge in [-0.05, 0) is 83.5 Å². The molecule has 0 saturated carbocycles. The van der Waals surface area contributed by atoms with E-state index in [0.717, 1.165) is 51.4 Å². The minimum Gasteiger partial charge on any atom is -0.466 e. The number of ether oxygens (including phenoxy) is 1. The Balaban J connectivity index is 3.34. The van der Waals surface area contributed by atoms with E-state index in [1.807, 2.05) is 0 Å². The van der Waals surface area contributed by atoms with Gasteiger partial charge in [-0.3, -0.25) is 9.59 Å². The average Bonchev–Trinajstić information content (AvgIpc) is 3.48. The molecule has 6 heteroatoms. The number of aliphatic hydroxyl groups is 2. The van der Waals surface area contributed by atoms with E-state index < -0.39 is 12.1 Å². The molecule has 2 atom stereocenters. The van der Waals surface area contributed by atoms with E-state index in [-0.39, 0.29) is 18.5 Å². The summed E-state index contributed by atoms with van der Waals surface area (Å²) in [6.07, 6.45) is 92.1. The van der Waals surface area contributed by atoms with Gasteiger partial charge in [0.2, 0.25) is 5.91 Å². The third-order valence-corrected chi connectivity index (χ3v) is 17.4. The van der Waals surface area contributed by atoms with Gasteiger partial charge in [0.25, 0.3) is 0 Å². The smallest absolute Gasteiger partial charge is 0.305 e. The molecule has 0 rings (SSSR count). The lowest BCUT2D eigenvalue weighted by molar-refractivity contribution is -0.143. The Bertz CT molecular complexity index is 1330. The summed E-state index contributed by atoms with van der Waals surface area (Å²) >= 11 is 0. The maximum Gasteiger partial charge on any atom is 0.305 e. The number of hydrogen-bond donors (Lipinski definition) is 3. The summed E-state index contributed by atoms with van der Waals surface area (Å²) in [6.45, 7) is 4.96. The average molecular weight is 1150 g/mol. The summed E-state index contributed by atoms with van der Waals surface area (Å²) < 4.78 is 5.51. The molecular formula is C76H145NO5. The first-order chi connectivity index (χ1) is 40.5. The summed E-state index contributed by atoms with van der Waals surface area (Å²) in [5, 5.41) is 23.3. The molecule has 484 valence electrons. The predicted octanol–water partition coefficient (Wildman–Crippen LogP) is 24.3. The Morgan fingerprint density at radius 2 is 0.610 bits per heavy atom. The lowest BCUT2D eigenvalue weighted by Gasteiger charge is -2.22. The van der Waals surface area contributed by atoms with E-state index in [4.69, 9.17) is 4.74 Å². The van der Waals surface area contributed by atoms with Crippen molar-refractivity contribution in [3.8, 4) is 0 Å². The maximum absolute atomic E-state index is 12.5. The van der Waals surface area contributed by atoms with Gasteiger partial charge in [-0.1, -0.05) is 352 Å². The number of esters is 1. The van der Waals surface area contributed by atoms with Crippen LogP contribution in [-0.4, -0.2) is 47.4 Å². The van der Waals surface area contributed by atoms with Crippen LogP contribution in [0.25, 0.3) is 0 Å². The third-order valence-electron chi connectivity index (χ3n) is 17.4. The van der Waals surface area contributed by atoms with Crippen molar-refractivity contribution in [3.63, 3.8) is 0 Å². The number of unbranched alkanes of at least 4 members (excludes halogenated alkanes) is 53. The molecule has 82 heavy (non-hydrogen) atoms. The monoisotopic (exact) mass is 1150 g/mol. The lowest BCUT2D eigenvalue weighted by atomic mass is 10.0. The van der Waals surface area contributed by atoms with Gasteiger partial charge in [-0.15, -0.1) is 0 Å². The fourth-order valence-electron chi connectivity index (χ4n) is 11.7. The first-order valence-corrected chi connectivity index (χ1v) is 37.2. The molecule has 0 aromatic heterocycles. The highest BCUT2D eigenvalue weighted by atomic mass is 16.5. The topological polar surface area (TPSA) is 95.9 Å². The van der Waals surface area contributed by atoms with Gasteiger partial charge in [-0.2, -0.15) is 0 Å². The minimum atomic E-state index is -0.663. The Kier molecular flexibility index (Phi) is 69.9. The number of aliphatic hydroxyl groups excluding tert-OH is 2. The van der Waals surface area contributed by atoms with E-state index in [9.17, 15) is 19.8 Å². The highest BCUT2D eigenvalue weighted by molar-refractivity contribution is 5.76. The molecule has 0 aromatic carbocycles. The highest BCUT2D eigenvalue weighted by Gasteiger charge is 2.20. The quantitative estimate of drug-likeness (QED) is 0.0320. The van der Waals surface area contributed by atoms with Crippen molar-refractivity contribution in [1.82, 2.24) is 5.32 Å². The molecule has 3 N–H and O–H groups in total. The van der Waals surface area contributed by atoms with Crippen LogP contribution in [0.5, 0.6) is 0 Å². The molecule has 0 heterocycles. The second-order valence-electron chi connectivity index (χ2n) is 25.6. The summed E-state index contributed by atoms with van der Waals surface area (Å²) in [5.74, 6) is -0.0156. The van der Waals surface area contributed by atoms with E-state index >= 15 is 0 Å². The Morgan fingerprint density at radius 1 is 0.341 bits per heavy atom. The van der Waals surface area contributed by atoms with Crippen LogP contribution in [0, 0.1) is 0 Å². The van der Waals surface area contributed by atoms with Crippen molar-refractivity contribution >= 4 is 11.9 Å². The number of allylic oxidation sites excluding steroid dienone is 6.